The SMILES string of the molecule is CCNc1nc(-c2cc(O)cc(F)c2)nc(C2CC2)c1Br. The summed E-state index contributed by atoms with van der Waals surface area (Å²) in [6, 6.07) is 3.86. The van der Waals surface area contributed by atoms with Crippen LogP contribution in [0.1, 0.15) is 31.4 Å². The Morgan fingerprint density at radius 3 is 2.71 bits per heavy atom. The van der Waals surface area contributed by atoms with Gasteiger partial charge in [-0.3, -0.25) is 0 Å². The van der Waals surface area contributed by atoms with Gasteiger partial charge in [-0.15, -0.1) is 0 Å². The van der Waals surface area contributed by atoms with Crippen LogP contribution in [0.3, 0.4) is 0 Å². The number of rotatable bonds is 4. The molecule has 0 spiro atoms. The minimum atomic E-state index is -0.505. The quantitative estimate of drug-likeness (QED) is 0.871. The maximum atomic E-state index is 13.5. The van der Waals surface area contributed by atoms with E-state index in [0.29, 0.717) is 23.1 Å². The molecule has 4 nitrogen and oxygen atoms in total. The molecular weight excluding hydrogens is 337 g/mol. The topological polar surface area (TPSA) is 58.0 Å². The van der Waals surface area contributed by atoms with Gasteiger partial charge in [-0.2, -0.15) is 0 Å². The van der Waals surface area contributed by atoms with E-state index in [4.69, 9.17) is 0 Å². The first-order valence-electron chi connectivity index (χ1n) is 6.89. The van der Waals surface area contributed by atoms with Crippen molar-refractivity contribution < 1.29 is 9.50 Å². The fourth-order valence-corrected chi connectivity index (χ4v) is 2.85. The number of hydrogen-bond donors (Lipinski definition) is 2. The lowest BCUT2D eigenvalue weighted by Gasteiger charge is -2.12. The molecule has 0 bridgehead atoms. The zero-order valence-electron chi connectivity index (χ0n) is 11.5. The van der Waals surface area contributed by atoms with E-state index in [1.807, 2.05) is 6.92 Å². The lowest BCUT2D eigenvalue weighted by Crippen LogP contribution is -2.06. The Morgan fingerprint density at radius 1 is 1.33 bits per heavy atom. The lowest BCUT2D eigenvalue weighted by molar-refractivity contribution is 0.469. The van der Waals surface area contributed by atoms with Crippen molar-refractivity contribution in [3.8, 4) is 17.1 Å². The molecule has 2 aromatic rings. The molecule has 110 valence electrons. The summed E-state index contributed by atoms with van der Waals surface area (Å²) >= 11 is 3.55. The van der Waals surface area contributed by atoms with E-state index >= 15 is 0 Å². The molecule has 1 heterocycles. The summed E-state index contributed by atoms with van der Waals surface area (Å²) in [6.45, 7) is 2.71. The number of benzene rings is 1. The largest absolute Gasteiger partial charge is 0.508 e. The maximum Gasteiger partial charge on any atom is 0.162 e. The summed E-state index contributed by atoms with van der Waals surface area (Å²) in [7, 11) is 0. The van der Waals surface area contributed by atoms with Crippen molar-refractivity contribution in [1.29, 1.82) is 0 Å². The van der Waals surface area contributed by atoms with E-state index < -0.39 is 5.82 Å². The fourth-order valence-electron chi connectivity index (χ4n) is 2.21. The third-order valence-electron chi connectivity index (χ3n) is 3.33. The number of anilines is 1. The highest BCUT2D eigenvalue weighted by Crippen LogP contribution is 2.44. The number of phenols is 1. The highest BCUT2D eigenvalue weighted by atomic mass is 79.9. The number of nitrogens with zero attached hydrogens (tertiary/aromatic N) is 2. The molecule has 1 aliphatic rings. The molecule has 1 aromatic carbocycles. The predicted molar refractivity (Wildman–Crippen MR) is 82.9 cm³/mol. The normalized spacial score (nSPS) is 14.2. The molecule has 6 heteroatoms. The number of hydrogen-bond acceptors (Lipinski definition) is 4. The Hall–Kier alpha value is -1.69. The Labute approximate surface area is 130 Å². The van der Waals surface area contributed by atoms with Crippen molar-refractivity contribution >= 4 is 21.7 Å². The minimum absolute atomic E-state index is 0.130. The van der Waals surface area contributed by atoms with Gasteiger partial charge in [-0.25, -0.2) is 14.4 Å². The van der Waals surface area contributed by atoms with E-state index in [2.05, 4.69) is 31.2 Å². The molecule has 21 heavy (non-hydrogen) atoms. The van der Waals surface area contributed by atoms with Crippen molar-refractivity contribution in [1.82, 2.24) is 9.97 Å². The number of phenolic OH excluding ortho intramolecular Hbond substituents is 1. The van der Waals surface area contributed by atoms with Gasteiger partial charge in [0.15, 0.2) is 5.82 Å². The Balaban J connectivity index is 2.12. The van der Waals surface area contributed by atoms with Gasteiger partial charge in [0.1, 0.15) is 17.4 Å². The number of aromatic hydroxyl groups is 1. The molecular formula is C15H15BrFN3O. The van der Waals surface area contributed by atoms with Gasteiger partial charge in [0.25, 0.3) is 0 Å². The molecule has 1 fully saturated rings. The Morgan fingerprint density at radius 2 is 2.10 bits per heavy atom. The highest BCUT2D eigenvalue weighted by molar-refractivity contribution is 9.10. The molecule has 3 rings (SSSR count). The standard InChI is InChI=1S/C15H15BrFN3O/c1-2-18-15-12(16)13(8-3-4-8)19-14(20-15)9-5-10(17)7-11(21)6-9/h5-8,21H,2-4H2,1H3,(H,18,19,20). The third kappa shape index (κ3) is 3.00. The Bertz CT molecular complexity index is 669. The third-order valence-corrected chi connectivity index (χ3v) is 4.11. The van der Waals surface area contributed by atoms with Crippen molar-refractivity contribution in [3.63, 3.8) is 0 Å². The first kappa shape index (κ1) is 14.3. The van der Waals surface area contributed by atoms with Crippen LogP contribution in [0, 0.1) is 5.82 Å². The second kappa shape index (κ2) is 5.60. The molecule has 1 saturated carbocycles. The van der Waals surface area contributed by atoms with E-state index in [1.165, 1.54) is 12.1 Å². The zero-order valence-corrected chi connectivity index (χ0v) is 13.1. The van der Waals surface area contributed by atoms with Gasteiger partial charge in [-0.1, -0.05) is 0 Å². The van der Waals surface area contributed by atoms with Crippen molar-refractivity contribution in [2.75, 3.05) is 11.9 Å². The molecule has 0 radical (unpaired) electrons. The first-order chi connectivity index (χ1) is 10.1. The van der Waals surface area contributed by atoms with Gasteiger partial charge in [0.2, 0.25) is 0 Å². The highest BCUT2D eigenvalue weighted by Gasteiger charge is 2.29. The Kier molecular flexibility index (Phi) is 3.80. The first-order valence-corrected chi connectivity index (χ1v) is 7.69. The number of halogens is 2. The van der Waals surface area contributed by atoms with Gasteiger partial charge in [0, 0.05) is 24.1 Å². The van der Waals surface area contributed by atoms with E-state index in [9.17, 15) is 9.50 Å². The van der Waals surface area contributed by atoms with Crippen LogP contribution in [0.25, 0.3) is 11.4 Å². The van der Waals surface area contributed by atoms with Crippen molar-refractivity contribution in [3.05, 3.63) is 34.2 Å². The smallest absolute Gasteiger partial charge is 0.162 e. The van der Waals surface area contributed by atoms with Crippen LogP contribution >= 0.6 is 15.9 Å². The van der Waals surface area contributed by atoms with Gasteiger partial charge < -0.3 is 10.4 Å². The molecule has 0 unspecified atom stereocenters. The summed E-state index contributed by atoms with van der Waals surface area (Å²) < 4.78 is 14.3. The van der Waals surface area contributed by atoms with Crippen LogP contribution < -0.4 is 5.32 Å². The second-order valence-corrected chi connectivity index (χ2v) is 5.89. The molecule has 1 aliphatic carbocycles. The van der Waals surface area contributed by atoms with Crippen molar-refractivity contribution in [2.24, 2.45) is 0 Å². The molecule has 0 atom stereocenters. The molecule has 0 amide bonds. The summed E-state index contributed by atoms with van der Waals surface area (Å²) in [5, 5.41) is 12.7. The zero-order chi connectivity index (χ0) is 15.0. The van der Waals surface area contributed by atoms with E-state index in [1.54, 1.807) is 0 Å². The second-order valence-electron chi connectivity index (χ2n) is 5.10. The molecule has 1 aromatic heterocycles. The monoisotopic (exact) mass is 351 g/mol. The van der Waals surface area contributed by atoms with Crippen LogP contribution in [0.5, 0.6) is 5.75 Å². The van der Waals surface area contributed by atoms with Gasteiger partial charge in [-0.05, 0) is 47.8 Å². The predicted octanol–water partition coefficient (Wildman–Crippen LogP) is 4.06. The van der Waals surface area contributed by atoms with Crippen LogP contribution in [0.4, 0.5) is 10.2 Å². The summed E-state index contributed by atoms with van der Waals surface area (Å²) in [4.78, 5) is 8.99. The average molecular weight is 352 g/mol. The summed E-state index contributed by atoms with van der Waals surface area (Å²) in [5.41, 5.74) is 1.42. The van der Waals surface area contributed by atoms with Crippen LogP contribution in [-0.4, -0.2) is 21.6 Å². The van der Waals surface area contributed by atoms with Crippen LogP contribution in [0.2, 0.25) is 0 Å². The summed E-state index contributed by atoms with van der Waals surface area (Å²) in [6.07, 6.45) is 2.21. The summed E-state index contributed by atoms with van der Waals surface area (Å²) in [5.74, 6) is 0.920. The van der Waals surface area contributed by atoms with Crippen LogP contribution in [-0.2, 0) is 0 Å². The number of nitrogens with one attached hydrogen (secondary N) is 1. The lowest BCUT2D eigenvalue weighted by atomic mass is 10.1. The minimum Gasteiger partial charge on any atom is -0.508 e. The molecule has 0 aliphatic heterocycles. The number of aromatic nitrogens is 2. The van der Waals surface area contributed by atoms with Crippen molar-refractivity contribution in [2.45, 2.75) is 25.7 Å². The maximum absolute atomic E-state index is 13.5. The molecule has 2 N–H and O–H groups in total. The van der Waals surface area contributed by atoms with Gasteiger partial charge >= 0.3 is 0 Å². The van der Waals surface area contributed by atoms with Gasteiger partial charge in [0.05, 0.1) is 10.2 Å². The van der Waals surface area contributed by atoms with E-state index in [-0.39, 0.29) is 5.75 Å². The molecule has 0 saturated heterocycles. The fraction of sp³-hybridized carbons (Fsp3) is 0.333. The average Bonchev–Trinajstić information content (AvgIpc) is 3.24. The van der Waals surface area contributed by atoms with E-state index in [0.717, 1.165) is 35.6 Å². The van der Waals surface area contributed by atoms with Crippen LogP contribution in [0.15, 0.2) is 22.7 Å².